The number of hydrogen-bond donors (Lipinski definition) is 1. The first kappa shape index (κ1) is 13.5. The van der Waals surface area contributed by atoms with Crippen molar-refractivity contribution >= 4 is 11.6 Å². The summed E-state index contributed by atoms with van der Waals surface area (Å²) in [5.41, 5.74) is 1.88. The third-order valence-corrected chi connectivity index (χ3v) is 3.08. The molecule has 1 N–H and O–H groups in total. The maximum Gasteiger partial charge on any atom is 0.0860 e. The van der Waals surface area contributed by atoms with Crippen molar-refractivity contribution in [2.24, 2.45) is 7.05 Å². The second-order valence-corrected chi connectivity index (χ2v) is 4.35. The van der Waals surface area contributed by atoms with Gasteiger partial charge >= 0.3 is 0 Å². The van der Waals surface area contributed by atoms with E-state index in [9.17, 15) is 0 Å². The minimum atomic E-state index is 0.175. The first-order chi connectivity index (χ1) is 7.60. The highest BCUT2D eigenvalue weighted by Gasteiger charge is 2.14. The number of aliphatic hydroxyl groups is 1. The molecule has 0 atom stereocenters. The van der Waals surface area contributed by atoms with E-state index in [2.05, 4.69) is 16.9 Å². The van der Waals surface area contributed by atoms with Crippen molar-refractivity contribution in [1.29, 1.82) is 0 Å². The fraction of sp³-hybridized carbons (Fsp3) is 0.727. The highest BCUT2D eigenvalue weighted by Crippen LogP contribution is 2.20. The van der Waals surface area contributed by atoms with Crippen LogP contribution in [0.25, 0.3) is 0 Å². The number of aromatic nitrogens is 2. The van der Waals surface area contributed by atoms with Crippen LogP contribution in [0.4, 0.5) is 0 Å². The molecule has 0 radical (unpaired) electrons. The van der Waals surface area contributed by atoms with Gasteiger partial charge in [-0.1, -0.05) is 18.5 Å². The molecule has 92 valence electrons. The number of hydrogen-bond acceptors (Lipinski definition) is 3. The summed E-state index contributed by atoms with van der Waals surface area (Å²) in [7, 11) is 1.90. The zero-order valence-corrected chi connectivity index (χ0v) is 11.0. The molecule has 0 unspecified atom stereocenters. The molecule has 0 aromatic carbocycles. The summed E-state index contributed by atoms with van der Waals surface area (Å²) in [6.07, 6.45) is 1.06. The van der Waals surface area contributed by atoms with E-state index in [1.807, 2.05) is 18.7 Å². The molecule has 0 aliphatic rings. The summed E-state index contributed by atoms with van der Waals surface area (Å²) in [5.74, 6) is 0. The Morgan fingerprint density at radius 2 is 2.12 bits per heavy atom. The molecule has 16 heavy (non-hydrogen) atoms. The Labute approximate surface area is 102 Å². The van der Waals surface area contributed by atoms with Crippen LogP contribution in [0.1, 0.15) is 24.7 Å². The fourth-order valence-corrected chi connectivity index (χ4v) is 2.01. The summed E-state index contributed by atoms with van der Waals surface area (Å²) < 4.78 is 1.82. The van der Waals surface area contributed by atoms with Crippen molar-refractivity contribution in [3.05, 3.63) is 16.4 Å². The van der Waals surface area contributed by atoms with Gasteiger partial charge in [-0.05, 0) is 19.9 Å². The second kappa shape index (κ2) is 6.23. The molecule has 1 rings (SSSR count). The molecule has 4 nitrogen and oxygen atoms in total. The smallest absolute Gasteiger partial charge is 0.0860 e. The topological polar surface area (TPSA) is 41.3 Å². The number of aliphatic hydroxyl groups excluding tert-OH is 1. The van der Waals surface area contributed by atoms with E-state index < -0.39 is 0 Å². The van der Waals surface area contributed by atoms with Crippen molar-refractivity contribution in [2.45, 2.75) is 26.8 Å². The van der Waals surface area contributed by atoms with E-state index in [1.165, 1.54) is 0 Å². The van der Waals surface area contributed by atoms with Crippen LogP contribution < -0.4 is 0 Å². The van der Waals surface area contributed by atoms with Gasteiger partial charge in [-0.2, -0.15) is 5.10 Å². The predicted octanol–water partition coefficient (Wildman–Crippen LogP) is 1.59. The molecule has 1 aromatic rings. The van der Waals surface area contributed by atoms with Gasteiger partial charge in [0.05, 0.1) is 23.0 Å². The average molecular weight is 246 g/mol. The van der Waals surface area contributed by atoms with Crippen LogP contribution in [0, 0.1) is 6.92 Å². The zero-order chi connectivity index (χ0) is 12.1. The molecule has 0 bridgehead atoms. The van der Waals surface area contributed by atoms with E-state index in [4.69, 9.17) is 16.7 Å². The second-order valence-electron chi connectivity index (χ2n) is 3.97. The molecular weight excluding hydrogens is 226 g/mol. The molecule has 0 fully saturated rings. The number of aryl methyl sites for hydroxylation is 2. The molecule has 1 heterocycles. The van der Waals surface area contributed by atoms with E-state index in [0.717, 1.165) is 35.9 Å². The summed E-state index contributed by atoms with van der Waals surface area (Å²) in [5, 5.41) is 14.0. The molecule has 0 spiro atoms. The molecule has 0 saturated carbocycles. The Kier molecular flexibility index (Phi) is 5.25. The Morgan fingerprint density at radius 1 is 1.44 bits per heavy atom. The molecular formula is C11H20ClN3O. The quantitative estimate of drug-likeness (QED) is 0.828. The minimum Gasteiger partial charge on any atom is -0.395 e. The number of halogens is 1. The maximum absolute atomic E-state index is 8.99. The number of nitrogens with zero attached hydrogens (tertiary/aromatic N) is 3. The van der Waals surface area contributed by atoms with Gasteiger partial charge in [-0.3, -0.25) is 9.58 Å². The highest BCUT2D eigenvalue weighted by molar-refractivity contribution is 6.31. The van der Waals surface area contributed by atoms with Crippen LogP contribution in [0.5, 0.6) is 0 Å². The average Bonchev–Trinajstić information content (AvgIpc) is 2.46. The summed E-state index contributed by atoms with van der Waals surface area (Å²) in [6.45, 7) is 6.58. The van der Waals surface area contributed by atoms with Crippen LogP contribution >= 0.6 is 11.6 Å². The molecule has 0 aliphatic carbocycles. The van der Waals surface area contributed by atoms with Gasteiger partial charge in [0.15, 0.2) is 0 Å². The molecule has 1 aromatic heterocycles. The van der Waals surface area contributed by atoms with Gasteiger partial charge in [0, 0.05) is 20.1 Å². The molecule has 5 heteroatoms. The van der Waals surface area contributed by atoms with Crippen molar-refractivity contribution in [1.82, 2.24) is 14.7 Å². The fourth-order valence-electron chi connectivity index (χ4n) is 1.79. The Bertz CT molecular complexity index is 332. The monoisotopic (exact) mass is 245 g/mol. The first-order valence-electron chi connectivity index (χ1n) is 5.61. The predicted molar refractivity (Wildman–Crippen MR) is 65.6 cm³/mol. The Morgan fingerprint density at radius 3 is 2.56 bits per heavy atom. The third kappa shape index (κ3) is 3.20. The van der Waals surface area contributed by atoms with Crippen molar-refractivity contribution in [3.8, 4) is 0 Å². The van der Waals surface area contributed by atoms with Crippen molar-refractivity contribution < 1.29 is 5.11 Å². The Hall–Kier alpha value is -0.580. The normalized spacial score (nSPS) is 11.4. The lowest BCUT2D eigenvalue weighted by Crippen LogP contribution is -2.28. The zero-order valence-electron chi connectivity index (χ0n) is 10.2. The summed E-state index contributed by atoms with van der Waals surface area (Å²) in [4.78, 5) is 2.18. The van der Waals surface area contributed by atoms with Gasteiger partial charge < -0.3 is 5.11 Å². The molecule has 0 amide bonds. The number of rotatable bonds is 6. The van der Waals surface area contributed by atoms with Crippen LogP contribution in [0.2, 0.25) is 5.02 Å². The minimum absolute atomic E-state index is 0.175. The largest absolute Gasteiger partial charge is 0.395 e. The first-order valence-corrected chi connectivity index (χ1v) is 5.99. The summed E-state index contributed by atoms with van der Waals surface area (Å²) >= 11 is 6.19. The van der Waals surface area contributed by atoms with Gasteiger partial charge in [0.2, 0.25) is 0 Å². The summed E-state index contributed by atoms with van der Waals surface area (Å²) in [6, 6.07) is 0. The third-order valence-electron chi connectivity index (χ3n) is 2.59. The maximum atomic E-state index is 8.99. The van der Waals surface area contributed by atoms with Crippen LogP contribution in [0.15, 0.2) is 0 Å². The Balaban J connectivity index is 2.76. The highest BCUT2D eigenvalue weighted by atomic mass is 35.5. The lowest BCUT2D eigenvalue weighted by molar-refractivity contribution is 0.187. The van der Waals surface area contributed by atoms with Gasteiger partial charge in [0.25, 0.3) is 0 Å². The van der Waals surface area contributed by atoms with Gasteiger partial charge in [-0.15, -0.1) is 0 Å². The van der Waals surface area contributed by atoms with Crippen molar-refractivity contribution in [3.63, 3.8) is 0 Å². The van der Waals surface area contributed by atoms with Gasteiger partial charge in [0.1, 0.15) is 0 Å². The van der Waals surface area contributed by atoms with E-state index in [1.54, 1.807) is 0 Å². The van der Waals surface area contributed by atoms with Crippen LogP contribution in [-0.2, 0) is 13.6 Å². The van der Waals surface area contributed by atoms with E-state index in [0.29, 0.717) is 6.54 Å². The standard InChI is InChI=1S/C11H20ClN3O/c1-4-5-15(6-7-16)8-10-11(12)9(2)13-14(10)3/h16H,4-8H2,1-3H3. The van der Waals surface area contributed by atoms with Crippen LogP contribution in [0.3, 0.4) is 0 Å². The van der Waals surface area contributed by atoms with Crippen molar-refractivity contribution in [2.75, 3.05) is 19.7 Å². The molecule has 0 saturated heterocycles. The molecule has 0 aliphatic heterocycles. The van der Waals surface area contributed by atoms with Crippen LogP contribution in [-0.4, -0.2) is 39.5 Å². The SMILES string of the molecule is CCCN(CCO)Cc1c(Cl)c(C)nn1C. The van der Waals surface area contributed by atoms with Gasteiger partial charge in [-0.25, -0.2) is 0 Å². The lowest BCUT2D eigenvalue weighted by Gasteiger charge is -2.20. The van der Waals surface area contributed by atoms with E-state index >= 15 is 0 Å². The van der Waals surface area contributed by atoms with E-state index in [-0.39, 0.29) is 6.61 Å². The lowest BCUT2D eigenvalue weighted by atomic mass is 10.3.